The van der Waals surface area contributed by atoms with Gasteiger partial charge in [0.05, 0.1) is 15.5 Å². The van der Waals surface area contributed by atoms with Crippen molar-refractivity contribution in [2.45, 2.75) is 12.6 Å². The number of alkyl halides is 3. The average molecular weight is 478 g/mol. The summed E-state index contributed by atoms with van der Waals surface area (Å²) in [6.45, 7) is 0.0884. The summed E-state index contributed by atoms with van der Waals surface area (Å²) < 4.78 is 39.2. The summed E-state index contributed by atoms with van der Waals surface area (Å²) in [5.74, 6) is -0.915. The van der Waals surface area contributed by atoms with Gasteiger partial charge >= 0.3 is 6.18 Å². The smallest absolute Gasteiger partial charge is 0.370 e. The summed E-state index contributed by atoms with van der Waals surface area (Å²) in [7, 11) is 0. The highest BCUT2D eigenvalue weighted by Gasteiger charge is 2.33. The molecule has 1 saturated heterocycles. The molecule has 29 heavy (non-hydrogen) atoms. The lowest BCUT2D eigenvalue weighted by atomic mass is 10.1. The molecule has 0 spiro atoms. The fourth-order valence-electron chi connectivity index (χ4n) is 2.39. The maximum atomic E-state index is 13.0. The summed E-state index contributed by atoms with van der Waals surface area (Å²) in [4.78, 5) is 29.7. The lowest BCUT2D eigenvalue weighted by Crippen LogP contribution is -2.31. The maximum Gasteiger partial charge on any atom is 0.416 e. The Morgan fingerprint density at radius 1 is 1.38 bits per heavy atom. The second-order valence-electron chi connectivity index (χ2n) is 5.81. The van der Waals surface area contributed by atoms with Crippen molar-refractivity contribution >= 4 is 69.1 Å². The number of thioether (sulfide) groups is 1. The third-order valence-corrected chi connectivity index (χ3v) is 6.46. The number of nitrogens with two attached hydrogens (primary N) is 1. The first-order valence-corrected chi connectivity index (χ1v) is 10.3. The molecule has 1 aliphatic heterocycles. The molecule has 0 aliphatic carbocycles. The van der Waals surface area contributed by atoms with E-state index in [1.54, 1.807) is 6.08 Å². The van der Waals surface area contributed by atoms with Crippen molar-refractivity contribution in [1.82, 2.24) is 9.88 Å². The Bertz CT molecular complexity index is 1040. The number of hydrogen-bond donors (Lipinski definition) is 1. The molecule has 1 aromatic carbocycles. The number of primary amides is 1. The number of rotatable bonds is 5. The molecule has 0 saturated carbocycles. The molecule has 0 radical (unpaired) electrons. The monoisotopic (exact) mass is 477 g/mol. The number of thiazole rings is 1. The van der Waals surface area contributed by atoms with E-state index >= 15 is 0 Å². The minimum Gasteiger partial charge on any atom is -0.370 e. The normalized spacial score (nSPS) is 16.1. The van der Waals surface area contributed by atoms with E-state index in [4.69, 9.17) is 29.6 Å². The number of carbonyl (C=O) groups excluding carboxylic acids is 2. The van der Waals surface area contributed by atoms with Crippen LogP contribution in [-0.2, 0) is 15.8 Å². The van der Waals surface area contributed by atoms with E-state index in [0.29, 0.717) is 14.1 Å². The van der Waals surface area contributed by atoms with Gasteiger partial charge in [0.15, 0.2) is 0 Å². The van der Waals surface area contributed by atoms with Gasteiger partial charge in [0.2, 0.25) is 5.91 Å². The molecule has 2 amide bonds. The highest BCUT2D eigenvalue weighted by Crippen LogP contribution is 2.39. The molecule has 0 bridgehead atoms. The molecule has 12 heteroatoms. The lowest BCUT2D eigenvalue weighted by molar-refractivity contribution is -0.137. The molecular formula is C17H11ClF3N3O2S3. The topological polar surface area (TPSA) is 76.3 Å². The summed E-state index contributed by atoms with van der Waals surface area (Å²) in [5, 5.41) is 0.424. The Hall–Kier alpha value is -1.95. The summed E-state index contributed by atoms with van der Waals surface area (Å²) in [5.41, 5.74) is 4.42. The van der Waals surface area contributed by atoms with E-state index in [9.17, 15) is 22.8 Å². The number of hydrogen-bond acceptors (Lipinski definition) is 6. The number of carbonyl (C=O) groups is 2. The lowest BCUT2D eigenvalue weighted by Gasteiger charge is -2.12. The van der Waals surface area contributed by atoms with Crippen LogP contribution in [0, 0.1) is 0 Å². The van der Waals surface area contributed by atoms with Crippen LogP contribution in [-0.4, -0.2) is 32.6 Å². The molecule has 1 fully saturated rings. The average Bonchev–Trinajstić information content (AvgIpc) is 3.18. The van der Waals surface area contributed by atoms with Crippen LogP contribution in [0.5, 0.6) is 0 Å². The number of aromatic nitrogens is 1. The second-order valence-corrected chi connectivity index (χ2v) is 8.96. The van der Waals surface area contributed by atoms with Crippen LogP contribution in [0.25, 0.3) is 16.6 Å². The Morgan fingerprint density at radius 3 is 2.76 bits per heavy atom. The van der Waals surface area contributed by atoms with E-state index in [1.165, 1.54) is 17.2 Å². The van der Waals surface area contributed by atoms with Crippen LogP contribution in [0.4, 0.5) is 13.2 Å². The Kier molecular flexibility index (Phi) is 6.32. The third kappa shape index (κ3) is 4.97. The fraction of sp³-hybridized carbons (Fsp3) is 0.176. The number of benzene rings is 1. The van der Waals surface area contributed by atoms with E-state index in [-0.39, 0.29) is 34.5 Å². The van der Waals surface area contributed by atoms with E-state index in [2.05, 4.69) is 4.98 Å². The van der Waals surface area contributed by atoms with Crippen molar-refractivity contribution in [3.8, 4) is 10.6 Å². The quantitative estimate of drug-likeness (QED) is 0.504. The molecule has 1 aliphatic rings. The van der Waals surface area contributed by atoms with Gasteiger partial charge < -0.3 is 5.73 Å². The van der Waals surface area contributed by atoms with E-state index in [1.807, 2.05) is 0 Å². The molecule has 2 aromatic rings. The Morgan fingerprint density at radius 2 is 2.10 bits per heavy atom. The van der Waals surface area contributed by atoms with Crippen LogP contribution in [0.15, 0.2) is 29.3 Å². The first-order chi connectivity index (χ1) is 13.6. The van der Waals surface area contributed by atoms with Gasteiger partial charge in [-0.05, 0) is 24.3 Å². The van der Waals surface area contributed by atoms with Crippen molar-refractivity contribution in [2.24, 2.45) is 5.73 Å². The van der Waals surface area contributed by atoms with Gasteiger partial charge in [-0.25, -0.2) is 4.98 Å². The number of halogens is 4. The standard InChI is InChI=1S/C17H11ClF3N3O2S3/c18-11-2-1-8(17(19,20)21)5-10(11)14-23-7-9(28-14)6-12-15(26)24(16(27)29-12)4-3-13(22)25/h1-2,5-7H,3-4H2,(H2,22,25)/b12-6-. The zero-order valence-corrected chi connectivity index (χ0v) is 17.5. The largest absolute Gasteiger partial charge is 0.416 e. The molecule has 3 rings (SSSR count). The number of nitrogens with zero attached hydrogens (tertiary/aromatic N) is 2. The van der Waals surface area contributed by atoms with Gasteiger partial charge in [0.25, 0.3) is 5.91 Å². The Balaban J connectivity index is 1.85. The van der Waals surface area contributed by atoms with Gasteiger partial charge in [-0.1, -0.05) is 35.6 Å². The van der Waals surface area contributed by atoms with E-state index < -0.39 is 17.6 Å². The molecule has 1 aromatic heterocycles. The second kappa shape index (κ2) is 8.42. The zero-order chi connectivity index (χ0) is 21.3. The fourth-order valence-corrected chi connectivity index (χ4v) is 4.91. The molecule has 0 atom stereocenters. The van der Waals surface area contributed by atoms with Crippen LogP contribution < -0.4 is 5.73 Å². The minimum absolute atomic E-state index is 0.0154. The number of thiocarbonyl (C=S) groups is 1. The minimum atomic E-state index is -4.50. The first kappa shape index (κ1) is 21.8. The van der Waals surface area contributed by atoms with Gasteiger partial charge in [-0.15, -0.1) is 11.3 Å². The van der Waals surface area contributed by atoms with Crippen LogP contribution in [0.3, 0.4) is 0 Å². The highest BCUT2D eigenvalue weighted by atomic mass is 35.5. The van der Waals surface area contributed by atoms with Crippen LogP contribution in [0.1, 0.15) is 16.9 Å². The van der Waals surface area contributed by atoms with Gasteiger partial charge in [-0.3, -0.25) is 14.5 Å². The summed E-state index contributed by atoms with van der Waals surface area (Å²) in [6, 6.07) is 3.01. The van der Waals surface area contributed by atoms with E-state index in [0.717, 1.165) is 35.2 Å². The van der Waals surface area contributed by atoms with Crippen molar-refractivity contribution in [3.05, 3.63) is 44.8 Å². The third-order valence-electron chi connectivity index (χ3n) is 3.78. The van der Waals surface area contributed by atoms with Gasteiger partial charge in [0.1, 0.15) is 9.33 Å². The van der Waals surface area contributed by atoms with Crippen molar-refractivity contribution in [3.63, 3.8) is 0 Å². The highest BCUT2D eigenvalue weighted by molar-refractivity contribution is 8.26. The summed E-state index contributed by atoms with van der Waals surface area (Å²) >= 11 is 13.3. The van der Waals surface area contributed by atoms with Crippen LogP contribution in [0.2, 0.25) is 5.02 Å². The molecule has 2 heterocycles. The molecular weight excluding hydrogens is 467 g/mol. The van der Waals surface area contributed by atoms with Crippen molar-refractivity contribution < 1.29 is 22.8 Å². The Labute approximate surface area is 181 Å². The first-order valence-electron chi connectivity index (χ1n) is 7.93. The molecule has 5 nitrogen and oxygen atoms in total. The summed E-state index contributed by atoms with van der Waals surface area (Å²) in [6.07, 6.45) is -1.53. The predicted octanol–water partition coefficient (Wildman–Crippen LogP) is 4.56. The van der Waals surface area contributed by atoms with Gasteiger partial charge in [0, 0.05) is 29.6 Å². The predicted molar refractivity (Wildman–Crippen MR) is 111 cm³/mol. The molecule has 2 N–H and O–H groups in total. The molecule has 152 valence electrons. The maximum absolute atomic E-state index is 13.0. The van der Waals surface area contributed by atoms with Crippen molar-refractivity contribution in [2.75, 3.05) is 6.54 Å². The number of amides is 2. The zero-order valence-electron chi connectivity index (χ0n) is 14.3. The SMILES string of the molecule is NC(=O)CCN1C(=O)/C(=C/c2cnc(-c3cc(C(F)(F)F)ccc3Cl)s2)SC1=S. The van der Waals surface area contributed by atoms with Gasteiger partial charge in [-0.2, -0.15) is 13.2 Å². The van der Waals surface area contributed by atoms with Crippen LogP contribution >= 0.6 is 46.9 Å². The van der Waals surface area contributed by atoms with Crippen molar-refractivity contribution in [1.29, 1.82) is 0 Å². The molecule has 0 unspecified atom stereocenters.